The molecule has 1 aromatic carbocycles. The van der Waals surface area contributed by atoms with Crippen LogP contribution in [0.2, 0.25) is 0 Å². The Morgan fingerprint density at radius 3 is 2.67 bits per heavy atom. The SMILES string of the molecule is COC(=O)c1c(CC(C)C)csc1NC(=O)c1ccc2c(c1)OCCCO2. The second kappa shape index (κ2) is 8.43. The number of carbonyl (C=O) groups excluding carboxylic acids is 2. The molecule has 0 unspecified atom stereocenters. The molecule has 7 heteroatoms. The van der Waals surface area contributed by atoms with Gasteiger partial charge < -0.3 is 19.5 Å². The van der Waals surface area contributed by atoms with Crippen molar-refractivity contribution in [2.45, 2.75) is 26.7 Å². The number of rotatable bonds is 5. The first kappa shape index (κ1) is 19.2. The van der Waals surface area contributed by atoms with Gasteiger partial charge in [0, 0.05) is 12.0 Å². The van der Waals surface area contributed by atoms with E-state index in [9.17, 15) is 9.59 Å². The zero-order valence-corrected chi connectivity index (χ0v) is 16.5. The molecular weight excluding hydrogens is 366 g/mol. The molecule has 2 heterocycles. The van der Waals surface area contributed by atoms with Gasteiger partial charge in [-0.25, -0.2) is 4.79 Å². The number of methoxy groups -OCH3 is 1. The fourth-order valence-electron chi connectivity index (χ4n) is 2.88. The van der Waals surface area contributed by atoms with Crippen molar-refractivity contribution in [1.82, 2.24) is 0 Å². The smallest absolute Gasteiger partial charge is 0.341 e. The molecule has 144 valence electrons. The third-order valence-electron chi connectivity index (χ3n) is 4.12. The van der Waals surface area contributed by atoms with Gasteiger partial charge in [-0.2, -0.15) is 0 Å². The third-order valence-corrected chi connectivity index (χ3v) is 5.07. The van der Waals surface area contributed by atoms with E-state index in [0.29, 0.717) is 46.8 Å². The Balaban J connectivity index is 1.84. The summed E-state index contributed by atoms with van der Waals surface area (Å²) in [6.45, 7) is 5.30. The third kappa shape index (κ3) is 4.42. The molecule has 0 aliphatic carbocycles. The number of hydrogen-bond donors (Lipinski definition) is 1. The Kier molecular flexibility index (Phi) is 6.01. The zero-order chi connectivity index (χ0) is 19.4. The highest BCUT2D eigenvalue weighted by Gasteiger charge is 2.23. The van der Waals surface area contributed by atoms with Crippen molar-refractivity contribution in [3.63, 3.8) is 0 Å². The molecule has 0 fully saturated rings. The van der Waals surface area contributed by atoms with E-state index in [-0.39, 0.29) is 5.91 Å². The van der Waals surface area contributed by atoms with Crippen molar-refractivity contribution in [3.8, 4) is 11.5 Å². The van der Waals surface area contributed by atoms with Crippen molar-refractivity contribution in [2.24, 2.45) is 5.92 Å². The molecule has 2 aromatic rings. The first-order chi connectivity index (χ1) is 13.0. The van der Waals surface area contributed by atoms with Crippen LogP contribution in [-0.4, -0.2) is 32.2 Å². The minimum absolute atomic E-state index is 0.311. The molecule has 1 N–H and O–H groups in total. The van der Waals surface area contributed by atoms with Gasteiger partial charge in [0.25, 0.3) is 5.91 Å². The van der Waals surface area contributed by atoms with Crippen molar-refractivity contribution in [1.29, 1.82) is 0 Å². The van der Waals surface area contributed by atoms with E-state index in [2.05, 4.69) is 19.2 Å². The molecular formula is C20H23NO5S. The Morgan fingerprint density at radius 1 is 1.22 bits per heavy atom. The van der Waals surface area contributed by atoms with Crippen LogP contribution in [0.25, 0.3) is 0 Å². The highest BCUT2D eigenvalue weighted by Crippen LogP contribution is 2.33. The number of anilines is 1. The maximum atomic E-state index is 12.7. The van der Waals surface area contributed by atoms with E-state index in [1.165, 1.54) is 18.4 Å². The van der Waals surface area contributed by atoms with E-state index in [1.54, 1.807) is 18.2 Å². The number of hydrogen-bond acceptors (Lipinski definition) is 6. The Hall–Kier alpha value is -2.54. The summed E-state index contributed by atoms with van der Waals surface area (Å²) in [5.74, 6) is 0.817. The number of benzene rings is 1. The lowest BCUT2D eigenvalue weighted by Crippen LogP contribution is -2.15. The van der Waals surface area contributed by atoms with E-state index in [1.807, 2.05) is 5.38 Å². The molecule has 1 aliphatic heterocycles. The van der Waals surface area contributed by atoms with Crippen molar-refractivity contribution >= 4 is 28.2 Å². The molecule has 0 spiro atoms. The number of esters is 1. The number of amides is 1. The second-order valence-corrected chi connectivity index (χ2v) is 7.60. The minimum Gasteiger partial charge on any atom is -0.490 e. The average Bonchev–Trinajstić information content (AvgIpc) is 2.88. The summed E-state index contributed by atoms with van der Waals surface area (Å²) >= 11 is 1.33. The topological polar surface area (TPSA) is 73.9 Å². The van der Waals surface area contributed by atoms with Crippen LogP contribution in [0.3, 0.4) is 0 Å². The van der Waals surface area contributed by atoms with Crippen LogP contribution in [0.15, 0.2) is 23.6 Å². The van der Waals surface area contributed by atoms with Gasteiger partial charge >= 0.3 is 5.97 Å². The number of nitrogens with one attached hydrogen (secondary N) is 1. The van der Waals surface area contributed by atoms with E-state index in [4.69, 9.17) is 14.2 Å². The maximum absolute atomic E-state index is 12.7. The van der Waals surface area contributed by atoms with Crippen LogP contribution in [0.1, 0.15) is 46.5 Å². The van der Waals surface area contributed by atoms with E-state index in [0.717, 1.165) is 18.4 Å². The Morgan fingerprint density at radius 2 is 1.96 bits per heavy atom. The van der Waals surface area contributed by atoms with Crippen LogP contribution in [0.4, 0.5) is 5.00 Å². The fourth-order valence-corrected chi connectivity index (χ4v) is 3.84. The molecule has 0 saturated heterocycles. The summed E-state index contributed by atoms with van der Waals surface area (Å²) in [4.78, 5) is 25.0. The summed E-state index contributed by atoms with van der Waals surface area (Å²) in [6, 6.07) is 5.08. The van der Waals surface area contributed by atoms with Gasteiger partial charge in [0.1, 0.15) is 5.00 Å². The molecule has 3 rings (SSSR count). The summed E-state index contributed by atoms with van der Waals surface area (Å²) in [6.07, 6.45) is 1.54. The molecule has 1 aromatic heterocycles. The van der Waals surface area contributed by atoms with Crippen molar-refractivity contribution in [3.05, 3.63) is 40.3 Å². The van der Waals surface area contributed by atoms with E-state index < -0.39 is 5.97 Å². The fraction of sp³-hybridized carbons (Fsp3) is 0.400. The predicted octanol–water partition coefficient (Wildman–Crippen LogP) is 4.15. The normalized spacial score (nSPS) is 13.2. The lowest BCUT2D eigenvalue weighted by Gasteiger charge is -2.11. The number of carbonyl (C=O) groups is 2. The number of ether oxygens (including phenoxy) is 3. The molecule has 27 heavy (non-hydrogen) atoms. The molecule has 0 atom stereocenters. The standard InChI is InChI=1S/C20H23NO5S/c1-12(2)9-14-11-27-19(17(14)20(23)24-3)21-18(22)13-5-6-15-16(10-13)26-8-4-7-25-15/h5-6,10-12H,4,7-9H2,1-3H3,(H,21,22). The molecule has 1 amide bonds. The first-order valence-corrected chi connectivity index (χ1v) is 9.77. The summed E-state index contributed by atoms with van der Waals surface area (Å²) in [7, 11) is 1.34. The second-order valence-electron chi connectivity index (χ2n) is 6.72. The van der Waals surface area contributed by atoms with Crippen LogP contribution < -0.4 is 14.8 Å². The van der Waals surface area contributed by atoms with Gasteiger partial charge in [-0.15, -0.1) is 11.3 Å². The summed E-state index contributed by atoms with van der Waals surface area (Å²) < 4.78 is 16.1. The van der Waals surface area contributed by atoms with Gasteiger partial charge in [0.15, 0.2) is 11.5 Å². The summed E-state index contributed by atoms with van der Waals surface area (Å²) in [5.41, 5.74) is 1.75. The maximum Gasteiger partial charge on any atom is 0.341 e. The van der Waals surface area contributed by atoms with Gasteiger partial charge in [-0.1, -0.05) is 13.8 Å². The summed E-state index contributed by atoms with van der Waals surface area (Å²) in [5, 5.41) is 5.23. The lowest BCUT2D eigenvalue weighted by molar-refractivity contribution is 0.0601. The highest BCUT2D eigenvalue weighted by molar-refractivity contribution is 7.15. The lowest BCUT2D eigenvalue weighted by atomic mass is 10.0. The average molecular weight is 389 g/mol. The van der Waals surface area contributed by atoms with Gasteiger partial charge in [-0.3, -0.25) is 4.79 Å². The monoisotopic (exact) mass is 389 g/mol. The quantitative estimate of drug-likeness (QED) is 0.778. The molecule has 0 radical (unpaired) electrons. The number of thiophene rings is 1. The van der Waals surface area contributed by atoms with Crippen LogP contribution in [0.5, 0.6) is 11.5 Å². The van der Waals surface area contributed by atoms with Crippen molar-refractivity contribution in [2.75, 3.05) is 25.6 Å². The Bertz CT molecular complexity index is 843. The molecule has 1 aliphatic rings. The van der Waals surface area contributed by atoms with Crippen LogP contribution in [0, 0.1) is 5.92 Å². The van der Waals surface area contributed by atoms with Gasteiger partial charge in [0.05, 0.1) is 25.9 Å². The van der Waals surface area contributed by atoms with Gasteiger partial charge in [0.2, 0.25) is 0 Å². The molecule has 0 saturated carbocycles. The Labute approximate surface area is 162 Å². The van der Waals surface area contributed by atoms with Crippen LogP contribution >= 0.6 is 11.3 Å². The first-order valence-electron chi connectivity index (χ1n) is 8.89. The predicted molar refractivity (Wildman–Crippen MR) is 104 cm³/mol. The van der Waals surface area contributed by atoms with E-state index >= 15 is 0 Å². The highest BCUT2D eigenvalue weighted by atomic mass is 32.1. The van der Waals surface area contributed by atoms with Gasteiger partial charge in [-0.05, 0) is 41.5 Å². The van der Waals surface area contributed by atoms with Crippen molar-refractivity contribution < 1.29 is 23.8 Å². The van der Waals surface area contributed by atoms with Crippen LogP contribution in [-0.2, 0) is 11.2 Å². The zero-order valence-electron chi connectivity index (χ0n) is 15.7. The number of fused-ring (bicyclic) bond motifs is 1. The molecule has 0 bridgehead atoms. The molecule has 6 nitrogen and oxygen atoms in total. The minimum atomic E-state index is -0.444. The largest absolute Gasteiger partial charge is 0.490 e.